The number of carboxylic acids is 1. The Labute approximate surface area is 110 Å². The van der Waals surface area contributed by atoms with Gasteiger partial charge in [0.15, 0.2) is 0 Å². The van der Waals surface area contributed by atoms with Crippen LogP contribution < -0.4 is 10.1 Å². The van der Waals surface area contributed by atoms with Crippen LogP contribution in [-0.2, 0) is 6.54 Å². The monoisotopic (exact) mass is 258 g/mol. The second-order valence-corrected chi connectivity index (χ2v) is 3.94. The van der Waals surface area contributed by atoms with E-state index >= 15 is 0 Å². The van der Waals surface area contributed by atoms with Gasteiger partial charge in [0.1, 0.15) is 0 Å². The van der Waals surface area contributed by atoms with Gasteiger partial charge in [-0.05, 0) is 29.8 Å². The Kier molecular flexibility index (Phi) is 3.97. The highest BCUT2D eigenvalue weighted by molar-refractivity contribution is 5.87. The van der Waals surface area contributed by atoms with Gasteiger partial charge in [0, 0.05) is 24.5 Å². The van der Waals surface area contributed by atoms with Crippen molar-refractivity contribution in [2.75, 3.05) is 12.4 Å². The summed E-state index contributed by atoms with van der Waals surface area (Å²) in [4.78, 5) is 14.8. The van der Waals surface area contributed by atoms with Crippen LogP contribution in [-0.4, -0.2) is 23.2 Å². The third kappa shape index (κ3) is 3.45. The number of pyridine rings is 1. The van der Waals surface area contributed by atoms with Crippen molar-refractivity contribution in [2.45, 2.75) is 6.54 Å². The Morgan fingerprint density at radius 2 is 2.00 bits per heavy atom. The molecule has 0 aliphatic rings. The summed E-state index contributed by atoms with van der Waals surface area (Å²) in [5.74, 6) is -0.347. The van der Waals surface area contributed by atoms with E-state index in [1.165, 1.54) is 0 Å². The third-order valence-corrected chi connectivity index (χ3v) is 2.64. The molecule has 2 N–H and O–H groups in total. The van der Waals surface area contributed by atoms with Crippen LogP contribution in [0.5, 0.6) is 5.88 Å². The zero-order valence-electron chi connectivity index (χ0n) is 10.5. The molecule has 2 rings (SSSR count). The van der Waals surface area contributed by atoms with Gasteiger partial charge in [-0.3, -0.25) is 0 Å². The van der Waals surface area contributed by atoms with E-state index in [1.807, 2.05) is 6.07 Å². The maximum absolute atomic E-state index is 10.7. The largest absolute Gasteiger partial charge is 0.481 e. The van der Waals surface area contributed by atoms with Crippen molar-refractivity contribution >= 4 is 11.7 Å². The van der Waals surface area contributed by atoms with Crippen molar-refractivity contribution in [2.24, 2.45) is 0 Å². The summed E-state index contributed by atoms with van der Waals surface area (Å²) in [6.45, 7) is 0.614. The lowest BCUT2D eigenvalue weighted by molar-refractivity contribution is 0.0697. The SMILES string of the molecule is COc1ccc(CNc2ccc(C(=O)O)cc2)cn1. The molecule has 0 atom stereocenters. The number of aromatic nitrogens is 1. The molecular formula is C14H14N2O3. The molecule has 5 heteroatoms. The number of rotatable bonds is 5. The van der Waals surface area contributed by atoms with Crippen LogP contribution in [0.3, 0.4) is 0 Å². The summed E-state index contributed by atoms with van der Waals surface area (Å²) in [5, 5.41) is 12.0. The van der Waals surface area contributed by atoms with Gasteiger partial charge in [0.2, 0.25) is 5.88 Å². The van der Waals surface area contributed by atoms with E-state index in [-0.39, 0.29) is 5.56 Å². The molecule has 0 saturated heterocycles. The molecule has 1 aromatic heterocycles. The van der Waals surface area contributed by atoms with E-state index in [4.69, 9.17) is 9.84 Å². The second-order valence-electron chi connectivity index (χ2n) is 3.94. The third-order valence-electron chi connectivity index (χ3n) is 2.64. The van der Waals surface area contributed by atoms with Gasteiger partial charge in [-0.25, -0.2) is 9.78 Å². The number of ether oxygens (including phenoxy) is 1. The molecule has 0 fully saturated rings. The number of benzene rings is 1. The first kappa shape index (κ1) is 12.9. The quantitative estimate of drug-likeness (QED) is 0.861. The average molecular weight is 258 g/mol. The van der Waals surface area contributed by atoms with Gasteiger partial charge in [0.05, 0.1) is 12.7 Å². The van der Waals surface area contributed by atoms with Crippen molar-refractivity contribution in [1.29, 1.82) is 0 Å². The van der Waals surface area contributed by atoms with Crippen molar-refractivity contribution in [3.05, 3.63) is 53.7 Å². The van der Waals surface area contributed by atoms with Gasteiger partial charge in [0.25, 0.3) is 0 Å². The molecule has 0 unspecified atom stereocenters. The Hall–Kier alpha value is -2.56. The van der Waals surface area contributed by atoms with Crippen LogP contribution in [0.2, 0.25) is 0 Å². The molecule has 19 heavy (non-hydrogen) atoms. The van der Waals surface area contributed by atoms with Crippen molar-refractivity contribution in [3.8, 4) is 5.88 Å². The van der Waals surface area contributed by atoms with E-state index < -0.39 is 5.97 Å². The highest BCUT2D eigenvalue weighted by atomic mass is 16.5. The minimum absolute atomic E-state index is 0.275. The van der Waals surface area contributed by atoms with Crippen molar-refractivity contribution < 1.29 is 14.6 Å². The number of hydrogen-bond acceptors (Lipinski definition) is 4. The number of nitrogens with one attached hydrogen (secondary N) is 1. The number of aromatic carboxylic acids is 1. The molecule has 0 saturated carbocycles. The molecular weight excluding hydrogens is 244 g/mol. The minimum atomic E-state index is -0.925. The van der Waals surface area contributed by atoms with Crippen LogP contribution in [0.25, 0.3) is 0 Å². The molecule has 0 bridgehead atoms. The highest BCUT2D eigenvalue weighted by Crippen LogP contribution is 2.12. The van der Waals surface area contributed by atoms with Gasteiger partial charge in [-0.2, -0.15) is 0 Å². The summed E-state index contributed by atoms with van der Waals surface area (Å²) in [7, 11) is 1.57. The zero-order chi connectivity index (χ0) is 13.7. The normalized spacial score (nSPS) is 9.95. The predicted molar refractivity (Wildman–Crippen MR) is 71.5 cm³/mol. The molecule has 1 heterocycles. The topological polar surface area (TPSA) is 71.5 Å². The van der Waals surface area contributed by atoms with Gasteiger partial charge >= 0.3 is 5.97 Å². The molecule has 5 nitrogen and oxygen atoms in total. The summed E-state index contributed by atoms with van der Waals surface area (Å²) < 4.78 is 4.98. The number of carbonyl (C=O) groups is 1. The van der Waals surface area contributed by atoms with Crippen molar-refractivity contribution in [1.82, 2.24) is 4.98 Å². The molecule has 98 valence electrons. The standard InChI is InChI=1S/C14H14N2O3/c1-19-13-7-2-10(9-16-13)8-15-12-5-3-11(4-6-12)14(17)18/h2-7,9,15H,8H2,1H3,(H,17,18). The first-order valence-corrected chi connectivity index (χ1v) is 5.75. The first-order valence-electron chi connectivity index (χ1n) is 5.75. The minimum Gasteiger partial charge on any atom is -0.481 e. The number of carboxylic acid groups (broad SMARTS) is 1. The summed E-state index contributed by atoms with van der Waals surface area (Å²) in [5.41, 5.74) is 2.15. The first-order chi connectivity index (χ1) is 9.19. The average Bonchev–Trinajstić information content (AvgIpc) is 2.46. The van der Waals surface area contributed by atoms with Crippen LogP contribution in [0, 0.1) is 0 Å². The molecule has 0 spiro atoms. The zero-order valence-corrected chi connectivity index (χ0v) is 10.5. The lowest BCUT2D eigenvalue weighted by Crippen LogP contribution is -2.01. The van der Waals surface area contributed by atoms with Gasteiger partial charge in [-0.15, -0.1) is 0 Å². The number of hydrogen-bond donors (Lipinski definition) is 2. The maximum atomic E-state index is 10.7. The summed E-state index contributed by atoms with van der Waals surface area (Å²) in [6, 6.07) is 10.3. The van der Waals surface area contributed by atoms with Gasteiger partial charge in [-0.1, -0.05) is 6.07 Å². The van der Waals surface area contributed by atoms with Crippen LogP contribution in [0.4, 0.5) is 5.69 Å². The van der Waals surface area contributed by atoms with Crippen LogP contribution in [0.15, 0.2) is 42.6 Å². The fourth-order valence-corrected chi connectivity index (χ4v) is 1.57. The van der Waals surface area contributed by atoms with E-state index in [0.29, 0.717) is 12.4 Å². The molecule has 2 aromatic rings. The summed E-state index contributed by atoms with van der Waals surface area (Å²) >= 11 is 0. The Bertz CT molecular complexity index is 550. The predicted octanol–water partition coefficient (Wildman–Crippen LogP) is 2.40. The van der Waals surface area contributed by atoms with E-state index in [2.05, 4.69) is 10.3 Å². The Balaban J connectivity index is 1.95. The smallest absolute Gasteiger partial charge is 0.335 e. The maximum Gasteiger partial charge on any atom is 0.335 e. The molecule has 1 aromatic carbocycles. The molecule has 0 radical (unpaired) electrons. The fraction of sp³-hybridized carbons (Fsp3) is 0.143. The number of anilines is 1. The lowest BCUT2D eigenvalue weighted by atomic mass is 10.2. The fourth-order valence-electron chi connectivity index (χ4n) is 1.57. The molecule has 0 aliphatic carbocycles. The lowest BCUT2D eigenvalue weighted by Gasteiger charge is -2.07. The number of methoxy groups -OCH3 is 1. The molecule has 0 aliphatic heterocycles. The van der Waals surface area contributed by atoms with Crippen LogP contribution in [0.1, 0.15) is 15.9 Å². The highest BCUT2D eigenvalue weighted by Gasteiger charge is 2.01. The Morgan fingerprint density at radius 1 is 1.26 bits per heavy atom. The second kappa shape index (κ2) is 5.86. The Morgan fingerprint density at radius 3 is 2.53 bits per heavy atom. The molecule has 0 amide bonds. The van der Waals surface area contributed by atoms with E-state index in [9.17, 15) is 4.79 Å². The summed E-state index contributed by atoms with van der Waals surface area (Å²) in [6.07, 6.45) is 1.73. The van der Waals surface area contributed by atoms with Crippen molar-refractivity contribution in [3.63, 3.8) is 0 Å². The van der Waals surface area contributed by atoms with E-state index in [0.717, 1.165) is 11.3 Å². The van der Waals surface area contributed by atoms with Crippen LogP contribution >= 0.6 is 0 Å². The van der Waals surface area contributed by atoms with E-state index in [1.54, 1.807) is 43.6 Å². The van der Waals surface area contributed by atoms with Gasteiger partial charge < -0.3 is 15.2 Å². The number of nitrogens with zero attached hydrogens (tertiary/aromatic N) is 1.